The maximum absolute atomic E-state index is 12.9. The summed E-state index contributed by atoms with van der Waals surface area (Å²) in [6.07, 6.45) is -2.61. The maximum atomic E-state index is 12.9. The predicted molar refractivity (Wildman–Crippen MR) is 132 cm³/mol. The van der Waals surface area contributed by atoms with Crippen molar-refractivity contribution in [1.29, 1.82) is 0 Å². The molecule has 3 rings (SSSR count). The molecular formula is C25H27F3N2O6S. The zero-order valence-corrected chi connectivity index (χ0v) is 21.5. The zero-order chi connectivity index (χ0) is 27.3. The minimum absolute atomic E-state index is 0.279. The van der Waals surface area contributed by atoms with Gasteiger partial charge in [0.25, 0.3) is 0 Å². The summed E-state index contributed by atoms with van der Waals surface area (Å²) in [5, 5.41) is 4.24. The summed E-state index contributed by atoms with van der Waals surface area (Å²) in [6, 6.07) is 5.92. The molecule has 12 heteroatoms. The Kier molecular flexibility index (Phi) is 8.95. The number of hydrogen-bond donors (Lipinski definition) is 2. The van der Waals surface area contributed by atoms with Gasteiger partial charge in [-0.05, 0) is 60.9 Å². The molecule has 0 aliphatic heterocycles. The zero-order valence-electron chi connectivity index (χ0n) is 20.7. The first-order valence-electron chi connectivity index (χ1n) is 11.3. The number of fused-ring (bicyclic) bond motifs is 3. The first-order chi connectivity index (χ1) is 17.5. The minimum atomic E-state index is -5.11. The Morgan fingerprint density at radius 3 is 2.43 bits per heavy atom. The van der Waals surface area contributed by atoms with Crippen LogP contribution >= 0.6 is 11.8 Å². The lowest BCUT2D eigenvalue weighted by Gasteiger charge is -2.20. The molecule has 1 aliphatic carbocycles. The van der Waals surface area contributed by atoms with Crippen molar-refractivity contribution in [3.8, 4) is 28.4 Å². The molecule has 0 heterocycles. The standard InChI is InChI=1S/C25H27F3N2O6S/c1-5-36-18-10-13-6-8-16(30-20(32)12-29-24(33)25(26,27)28)15-11-17(31)19(37-4)9-7-14(15)21(13)23(35-3)22(18)34-2/h7,9-11,16H,5-6,8,12H2,1-4H3,(H,29,33)(H,30,32). The number of alkyl halides is 3. The van der Waals surface area contributed by atoms with E-state index in [0.29, 0.717) is 58.3 Å². The Labute approximate surface area is 215 Å². The van der Waals surface area contributed by atoms with Crippen LogP contribution in [0.5, 0.6) is 17.2 Å². The molecule has 1 atom stereocenters. The van der Waals surface area contributed by atoms with Crippen LogP contribution in [-0.2, 0) is 16.0 Å². The van der Waals surface area contributed by atoms with Gasteiger partial charge in [0.15, 0.2) is 16.9 Å². The summed E-state index contributed by atoms with van der Waals surface area (Å²) in [6.45, 7) is 1.33. The van der Waals surface area contributed by atoms with Crippen LogP contribution in [-0.4, -0.2) is 51.6 Å². The Hall–Kier alpha value is -3.41. The number of rotatable bonds is 8. The van der Waals surface area contributed by atoms with Crippen molar-refractivity contribution in [3.63, 3.8) is 0 Å². The lowest BCUT2D eigenvalue weighted by Crippen LogP contribution is -2.43. The second kappa shape index (κ2) is 11.8. The van der Waals surface area contributed by atoms with Gasteiger partial charge in [-0.1, -0.05) is 6.07 Å². The monoisotopic (exact) mass is 540 g/mol. The molecule has 0 aromatic heterocycles. The highest BCUT2D eigenvalue weighted by atomic mass is 32.2. The Morgan fingerprint density at radius 2 is 1.84 bits per heavy atom. The van der Waals surface area contributed by atoms with E-state index in [0.717, 1.165) is 5.56 Å². The number of hydrogen-bond acceptors (Lipinski definition) is 7. The van der Waals surface area contributed by atoms with Crippen molar-refractivity contribution >= 4 is 23.6 Å². The summed E-state index contributed by atoms with van der Waals surface area (Å²) >= 11 is 1.26. The number of nitrogens with one attached hydrogen (secondary N) is 2. The predicted octanol–water partition coefficient (Wildman–Crippen LogP) is 3.63. The molecule has 0 saturated carbocycles. The fourth-order valence-corrected chi connectivity index (χ4v) is 4.70. The highest BCUT2D eigenvalue weighted by Gasteiger charge is 2.38. The molecule has 0 radical (unpaired) electrons. The molecule has 2 amide bonds. The third kappa shape index (κ3) is 6.12. The number of amides is 2. The van der Waals surface area contributed by atoms with Gasteiger partial charge < -0.3 is 24.8 Å². The van der Waals surface area contributed by atoms with E-state index in [9.17, 15) is 27.6 Å². The normalized spacial score (nSPS) is 14.5. The van der Waals surface area contributed by atoms with E-state index < -0.39 is 30.6 Å². The summed E-state index contributed by atoms with van der Waals surface area (Å²) < 4.78 is 54.7. The van der Waals surface area contributed by atoms with Crippen molar-refractivity contribution in [2.45, 2.75) is 36.9 Å². The summed E-state index contributed by atoms with van der Waals surface area (Å²) in [7, 11) is 2.96. The Bertz CT molecular complexity index is 1250. The highest BCUT2D eigenvalue weighted by molar-refractivity contribution is 7.98. The molecule has 0 fully saturated rings. The number of methoxy groups -OCH3 is 2. The lowest BCUT2D eigenvalue weighted by molar-refractivity contribution is -0.173. The Balaban J connectivity index is 2.14. The van der Waals surface area contributed by atoms with Crippen molar-refractivity contribution in [2.24, 2.45) is 0 Å². The van der Waals surface area contributed by atoms with Crippen molar-refractivity contribution in [3.05, 3.63) is 45.6 Å². The van der Waals surface area contributed by atoms with Gasteiger partial charge in [-0.3, -0.25) is 14.4 Å². The van der Waals surface area contributed by atoms with Gasteiger partial charge in [0.1, 0.15) is 0 Å². The van der Waals surface area contributed by atoms with E-state index in [1.807, 2.05) is 13.0 Å². The number of benzene rings is 1. The third-order valence-corrected chi connectivity index (χ3v) is 6.58. The van der Waals surface area contributed by atoms with Gasteiger partial charge in [0.2, 0.25) is 11.7 Å². The SMILES string of the molecule is CCOc1cc2c(c(OC)c1OC)-c1ccc(SC)c(=O)cc1C(NC(=O)CNC(=O)C(F)(F)F)CC2. The number of carbonyl (C=O) groups is 2. The topological polar surface area (TPSA) is 103 Å². The molecular weight excluding hydrogens is 513 g/mol. The van der Waals surface area contributed by atoms with Crippen LogP contribution in [0.15, 0.2) is 34.0 Å². The smallest absolute Gasteiger partial charge is 0.471 e. The summed E-state index contributed by atoms with van der Waals surface area (Å²) in [5.74, 6) is -1.82. The van der Waals surface area contributed by atoms with Gasteiger partial charge in [-0.2, -0.15) is 13.2 Å². The average molecular weight is 541 g/mol. The molecule has 8 nitrogen and oxygen atoms in total. The van der Waals surface area contributed by atoms with E-state index in [1.165, 1.54) is 32.0 Å². The van der Waals surface area contributed by atoms with Crippen LogP contribution in [0.3, 0.4) is 0 Å². The Morgan fingerprint density at radius 1 is 1.14 bits per heavy atom. The second-order valence-electron chi connectivity index (χ2n) is 8.03. The van der Waals surface area contributed by atoms with E-state index in [4.69, 9.17) is 14.2 Å². The first kappa shape index (κ1) is 28.2. The number of carbonyl (C=O) groups excluding carboxylic acids is 2. The van der Waals surface area contributed by atoms with Crippen LogP contribution in [0.25, 0.3) is 11.1 Å². The van der Waals surface area contributed by atoms with Crippen LogP contribution in [0.2, 0.25) is 0 Å². The largest absolute Gasteiger partial charge is 0.492 e. The number of thioether (sulfide) groups is 1. The number of aryl methyl sites for hydroxylation is 1. The van der Waals surface area contributed by atoms with Gasteiger partial charge in [-0.25, -0.2) is 0 Å². The van der Waals surface area contributed by atoms with E-state index in [-0.39, 0.29) is 5.43 Å². The minimum Gasteiger partial charge on any atom is -0.492 e. The average Bonchev–Trinajstić information content (AvgIpc) is 3.09. The third-order valence-electron chi connectivity index (χ3n) is 5.80. The number of ether oxygens (including phenoxy) is 3. The van der Waals surface area contributed by atoms with Crippen LogP contribution in [0.1, 0.15) is 30.5 Å². The van der Waals surface area contributed by atoms with Gasteiger partial charge in [-0.15, -0.1) is 11.8 Å². The van der Waals surface area contributed by atoms with E-state index in [2.05, 4.69) is 5.32 Å². The quantitative estimate of drug-likeness (QED) is 0.493. The van der Waals surface area contributed by atoms with E-state index in [1.54, 1.807) is 23.7 Å². The second-order valence-corrected chi connectivity index (χ2v) is 8.87. The lowest BCUT2D eigenvalue weighted by atomic mass is 9.95. The van der Waals surface area contributed by atoms with Crippen molar-refractivity contribution in [2.75, 3.05) is 33.6 Å². The van der Waals surface area contributed by atoms with Gasteiger partial charge >= 0.3 is 12.1 Å². The molecule has 0 spiro atoms. The van der Waals surface area contributed by atoms with Crippen LogP contribution in [0.4, 0.5) is 13.2 Å². The molecule has 1 unspecified atom stereocenters. The molecule has 2 aromatic rings. The fourth-order valence-electron chi connectivity index (χ4n) is 4.23. The molecule has 1 aliphatic rings. The fraction of sp³-hybridized carbons (Fsp3) is 0.400. The summed E-state index contributed by atoms with van der Waals surface area (Å²) in [5.41, 5.74) is 2.24. The number of halogens is 3. The van der Waals surface area contributed by atoms with Crippen LogP contribution < -0.4 is 30.3 Å². The molecule has 0 bridgehead atoms. The molecule has 2 N–H and O–H groups in total. The molecule has 0 saturated heterocycles. The maximum Gasteiger partial charge on any atom is 0.471 e. The molecule has 37 heavy (non-hydrogen) atoms. The molecule has 200 valence electrons. The van der Waals surface area contributed by atoms with Crippen molar-refractivity contribution in [1.82, 2.24) is 10.6 Å². The first-order valence-corrected chi connectivity index (χ1v) is 12.6. The highest BCUT2D eigenvalue weighted by Crippen LogP contribution is 2.50. The summed E-state index contributed by atoms with van der Waals surface area (Å²) in [4.78, 5) is 37.1. The van der Waals surface area contributed by atoms with E-state index >= 15 is 0 Å². The van der Waals surface area contributed by atoms with Crippen LogP contribution in [0, 0.1) is 0 Å². The van der Waals surface area contributed by atoms with Crippen molar-refractivity contribution < 1.29 is 37.0 Å². The van der Waals surface area contributed by atoms with Gasteiger partial charge in [0, 0.05) is 5.56 Å². The van der Waals surface area contributed by atoms with Gasteiger partial charge in [0.05, 0.1) is 38.3 Å². The molecule has 2 aromatic carbocycles.